The molecular weight excluding hydrogens is 265 g/mol. The zero-order valence-corrected chi connectivity index (χ0v) is 9.78. The van der Waals surface area contributed by atoms with E-state index < -0.39 is 35.0 Å². The van der Waals surface area contributed by atoms with Crippen molar-refractivity contribution in [3.63, 3.8) is 0 Å². The summed E-state index contributed by atoms with van der Waals surface area (Å²) in [6.07, 6.45) is -4.77. The molecule has 102 valence electrons. The first-order valence-electron chi connectivity index (χ1n) is 5.22. The van der Waals surface area contributed by atoms with E-state index in [1.54, 1.807) is 0 Å². The van der Waals surface area contributed by atoms with Crippen molar-refractivity contribution in [2.75, 3.05) is 0 Å². The van der Waals surface area contributed by atoms with Crippen molar-refractivity contribution in [3.05, 3.63) is 35.4 Å². The van der Waals surface area contributed by atoms with Crippen LogP contribution in [-0.2, 0) is 20.5 Å². The summed E-state index contributed by atoms with van der Waals surface area (Å²) in [5.41, 5.74) is -1.50. The average Bonchev–Trinajstić information content (AvgIpc) is 2.36. The monoisotopic (exact) mass is 274 g/mol. The molecule has 0 aromatic heterocycles. The van der Waals surface area contributed by atoms with E-state index in [2.05, 4.69) is 4.74 Å². The Balaban J connectivity index is 2.90. The van der Waals surface area contributed by atoms with Gasteiger partial charge >= 0.3 is 18.1 Å². The van der Waals surface area contributed by atoms with Crippen LogP contribution < -0.4 is 0 Å². The quantitative estimate of drug-likeness (QED) is 0.482. The molecule has 0 aliphatic heterocycles. The number of esters is 2. The van der Waals surface area contributed by atoms with E-state index in [1.165, 1.54) is 6.92 Å². The largest absolute Gasteiger partial charge is 0.416 e. The van der Waals surface area contributed by atoms with Gasteiger partial charge in [-0.05, 0) is 18.2 Å². The highest BCUT2D eigenvalue weighted by atomic mass is 19.4. The molecule has 0 aliphatic carbocycles. The molecule has 0 bridgehead atoms. The molecule has 0 atom stereocenters. The lowest BCUT2D eigenvalue weighted by atomic mass is 10.1. The number of carbonyl (C=O) groups is 3. The number of Topliss-reactive ketones (excluding diaryl/α,β-unsaturated/α-hetero) is 1. The van der Waals surface area contributed by atoms with Crippen molar-refractivity contribution in [2.24, 2.45) is 0 Å². The fourth-order valence-electron chi connectivity index (χ4n) is 1.17. The molecule has 4 nitrogen and oxygen atoms in total. The smallest absolute Gasteiger partial charge is 0.384 e. The summed E-state index contributed by atoms with van der Waals surface area (Å²) in [7, 11) is 0. The van der Waals surface area contributed by atoms with Crippen LogP contribution in [0.25, 0.3) is 0 Å². The second-order valence-electron chi connectivity index (χ2n) is 3.53. The summed E-state index contributed by atoms with van der Waals surface area (Å²) >= 11 is 0. The number of ketones is 1. The molecule has 1 aromatic rings. The molecule has 19 heavy (non-hydrogen) atoms. The summed E-state index contributed by atoms with van der Waals surface area (Å²) in [6.45, 7) is 1.39. The lowest BCUT2D eigenvalue weighted by Gasteiger charge is -2.07. The van der Waals surface area contributed by atoms with Crippen molar-refractivity contribution < 1.29 is 32.3 Å². The minimum Gasteiger partial charge on any atom is -0.384 e. The fourth-order valence-corrected chi connectivity index (χ4v) is 1.17. The Bertz CT molecular complexity index is 520. The molecule has 0 heterocycles. The molecule has 7 heteroatoms. The number of rotatable bonds is 3. The van der Waals surface area contributed by atoms with Crippen molar-refractivity contribution in [1.82, 2.24) is 0 Å². The second kappa shape index (κ2) is 5.64. The third-order valence-corrected chi connectivity index (χ3v) is 2.16. The summed E-state index contributed by atoms with van der Waals surface area (Å²) in [4.78, 5) is 33.3. The van der Waals surface area contributed by atoms with Crippen molar-refractivity contribution in [3.8, 4) is 0 Å². The van der Waals surface area contributed by atoms with Gasteiger partial charge in [-0.3, -0.25) is 4.79 Å². The first kappa shape index (κ1) is 14.9. The molecule has 0 saturated heterocycles. The van der Waals surface area contributed by atoms with Crippen LogP contribution in [0.3, 0.4) is 0 Å². The Labute approximate surface area is 106 Å². The lowest BCUT2D eigenvalue weighted by Crippen LogP contribution is -2.20. The molecule has 0 radical (unpaired) electrons. The summed E-state index contributed by atoms with van der Waals surface area (Å²) < 4.78 is 41.4. The van der Waals surface area contributed by atoms with Crippen LogP contribution in [-0.4, -0.2) is 17.7 Å². The van der Waals surface area contributed by atoms with Gasteiger partial charge in [0.1, 0.15) is 0 Å². The number of hydrogen-bond acceptors (Lipinski definition) is 4. The van der Waals surface area contributed by atoms with E-state index in [4.69, 9.17) is 0 Å². The van der Waals surface area contributed by atoms with Crippen LogP contribution in [0, 0.1) is 0 Å². The average molecular weight is 274 g/mol. The molecule has 1 aromatic carbocycles. The first-order valence-corrected chi connectivity index (χ1v) is 5.22. The Morgan fingerprint density at radius 2 is 1.84 bits per heavy atom. The predicted octanol–water partition coefficient (Wildman–Crippen LogP) is 2.37. The molecule has 0 unspecified atom stereocenters. The molecule has 0 saturated carbocycles. The molecule has 1 rings (SSSR count). The third kappa shape index (κ3) is 3.90. The Morgan fingerprint density at radius 3 is 2.37 bits per heavy atom. The molecular formula is C12H9F3O4. The first-order chi connectivity index (χ1) is 8.75. The van der Waals surface area contributed by atoms with Gasteiger partial charge in [0.15, 0.2) is 0 Å². The van der Waals surface area contributed by atoms with Gasteiger partial charge < -0.3 is 4.74 Å². The zero-order valence-electron chi connectivity index (χ0n) is 9.78. The molecule has 0 aliphatic rings. The van der Waals surface area contributed by atoms with E-state index in [-0.39, 0.29) is 6.42 Å². The van der Waals surface area contributed by atoms with Gasteiger partial charge in [0.25, 0.3) is 0 Å². The predicted molar refractivity (Wildman–Crippen MR) is 57.2 cm³/mol. The number of carbonyl (C=O) groups excluding carboxylic acids is 3. The fraction of sp³-hybridized carbons (Fsp3) is 0.250. The molecule has 0 N–H and O–H groups in total. The van der Waals surface area contributed by atoms with Crippen LogP contribution in [0.1, 0.15) is 29.3 Å². The number of hydrogen-bond donors (Lipinski definition) is 0. The van der Waals surface area contributed by atoms with E-state index in [0.717, 1.165) is 18.2 Å². The van der Waals surface area contributed by atoms with Gasteiger partial charge in [0.2, 0.25) is 5.78 Å². The zero-order chi connectivity index (χ0) is 14.6. The maximum absolute atomic E-state index is 12.4. The standard InChI is InChI=1S/C12H9F3O4/c1-2-9(16)11(18)19-10(17)7-4-3-5-8(6-7)12(13,14)15/h3-6H,2H2,1H3. The van der Waals surface area contributed by atoms with Gasteiger partial charge in [0, 0.05) is 6.42 Å². The highest BCUT2D eigenvalue weighted by molar-refractivity contribution is 6.35. The van der Waals surface area contributed by atoms with E-state index in [9.17, 15) is 27.6 Å². The summed E-state index contributed by atoms with van der Waals surface area (Å²) in [6, 6.07) is 3.38. The van der Waals surface area contributed by atoms with Crippen molar-refractivity contribution >= 4 is 17.7 Å². The maximum atomic E-state index is 12.4. The molecule has 0 fully saturated rings. The minimum absolute atomic E-state index is 0.158. The van der Waals surface area contributed by atoms with Crippen LogP contribution in [0.4, 0.5) is 13.2 Å². The van der Waals surface area contributed by atoms with Gasteiger partial charge in [-0.25, -0.2) is 9.59 Å². The molecule has 0 spiro atoms. The maximum Gasteiger partial charge on any atom is 0.416 e. The Morgan fingerprint density at radius 1 is 1.21 bits per heavy atom. The number of halogens is 3. The Hall–Kier alpha value is -2.18. The van der Waals surface area contributed by atoms with Crippen LogP contribution in [0.15, 0.2) is 24.3 Å². The van der Waals surface area contributed by atoms with Gasteiger partial charge in [-0.2, -0.15) is 13.2 Å². The number of alkyl halides is 3. The topological polar surface area (TPSA) is 60.4 Å². The van der Waals surface area contributed by atoms with Crippen LogP contribution in [0.5, 0.6) is 0 Å². The van der Waals surface area contributed by atoms with Crippen molar-refractivity contribution in [2.45, 2.75) is 19.5 Å². The van der Waals surface area contributed by atoms with Crippen LogP contribution >= 0.6 is 0 Å². The van der Waals surface area contributed by atoms with Crippen molar-refractivity contribution in [1.29, 1.82) is 0 Å². The van der Waals surface area contributed by atoms with Gasteiger partial charge in [-0.15, -0.1) is 0 Å². The van der Waals surface area contributed by atoms with E-state index in [1.807, 2.05) is 0 Å². The number of ether oxygens (including phenoxy) is 1. The van der Waals surface area contributed by atoms with Gasteiger partial charge in [0.05, 0.1) is 11.1 Å². The summed E-state index contributed by atoms with van der Waals surface area (Å²) in [5, 5.41) is 0. The minimum atomic E-state index is -4.61. The second-order valence-corrected chi connectivity index (χ2v) is 3.53. The normalized spacial score (nSPS) is 10.9. The third-order valence-electron chi connectivity index (χ3n) is 2.16. The highest BCUT2D eigenvalue weighted by Crippen LogP contribution is 2.29. The molecule has 0 amide bonds. The highest BCUT2D eigenvalue weighted by Gasteiger charge is 2.31. The number of benzene rings is 1. The van der Waals surface area contributed by atoms with E-state index in [0.29, 0.717) is 6.07 Å². The SMILES string of the molecule is CCC(=O)C(=O)OC(=O)c1cccc(C(F)(F)F)c1. The Kier molecular flexibility index (Phi) is 4.42. The van der Waals surface area contributed by atoms with Crippen LogP contribution in [0.2, 0.25) is 0 Å². The van der Waals surface area contributed by atoms with E-state index >= 15 is 0 Å². The summed E-state index contributed by atoms with van der Waals surface area (Å²) in [5.74, 6) is -3.61. The van der Waals surface area contributed by atoms with Gasteiger partial charge in [-0.1, -0.05) is 13.0 Å². The lowest BCUT2D eigenvalue weighted by molar-refractivity contribution is -0.149.